The van der Waals surface area contributed by atoms with Crippen LogP contribution in [0.3, 0.4) is 0 Å². The molecule has 2 nitrogen and oxygen atoms in total. The van der Waals surface area contributed by atoms with E-state index in [4.69, 9.17) is 5.73 Å². The molecule has 0 saturated heterocycles. The van der Waals surface area contributed by atoms with Gasteiger partial charge < -0.3 is 5.73 Å². The number of thioether (sulfide) groups is 1. The standard InChI is InChI=1S/C12H13BrN2S2/c13-9-2-1-3-11(6-9)16-8-12-15-10(4-5-14)7-17-12/h1-3,6-7H,4-5,8,14H2. The molecule has 2 rings (SSSR count). The second-order valence-corrected chi connectivity index (χ2v) is 6.42. The summed E-state index contributed by atoms with van der Waals surface area (Å²) in [5.41, 5.74) is 6.62. The van der Waals surface area contributed by atoms with Gasteiger partial charge in [0, 0.05) is 21.2 Å². The molecule has 2 aromatic rings. The first kappa shape index (κ1) is 13.1. The van der Waals surface area contributed by atoms with Crippen molar-refractivity contribution in [2.24, 2.45) is 5.73 Å². The number of hydrogen-bond acceptors (Lipinski definition) is 4. The first-order chi connectivity index (χ1) is 8.28. The summed E-state index contributed by atoms with van der Waals surface area (Å²) in [5, 5.41) is 3.27. The predicted molar refractivity (Wildman–Crippen MR) is 78.6 cm³/mol. The SMILES string of the molecule is NCCc1csc(CSc2cccc(Br)c2)n1. The highest BCUT2D eigenvalue weighted by Crippen LogP contribution is 2.26. The molecule has 0 spiro atoms. The van der Waals surface area contributed by atoms with Gasteiger partial charge in [-0.2, -0.15) is 0 Å². The molecular weight excluding hydrogens is 316 g/mol. The molecule has 0 radical (unpaired) electrons. The molecule has 17 heavy (non-hydrogen) atoms. The molecule has 0 bridgehead atoms. The van der Waals surface area contributed by atoms with Crippen LogP contribution >= 0.6 is 39.0 Å². The first-order valence-electron chi connectivity index (χ1n) is 5.29. The van der Waals surface area contributed by atoms with E-state index < -0.39 is 0 Å². The Morgan fingerprint density at radius 1 is 1.41 bits per heavy atom. The molecule has 0 atom stereocenters. The molecule has 1 aromatic heterocycles. The van der Waals surface area contributed by atoms with Crippen molar-refractivity contribution in [3.05, 3.63) is 44.8 Å². The predicted octanol–water partition coefficient (Wildman–Crippen LogP) is 3.70. The Hall–Kier alpha value is -0.360. The molecule has 0 amide bonds. The largest absolute Gasteiger partial charge is 0.330 e. The van der Waals surface area contributed by atoms with Gasteiger partial charge in [-0.15, -0.1) is 23.1 Å². The lowest BCUT2D eigenvalue weighted by Gasteiger charge is -1.99. The number of nitrogens with two attached hydrogens (primary N) is 1. The Kier molecular flexibility index (Phi) is 5.03. The molecule has 90 valence electrons. The molecule has 0 aliphatic heterocycles. The third-order valence-corrected chi connectivity index (χ3v) is 4.74. The molecule has 0 aliphatic rings. The van der Waals surface area contributed by atoms with Gasteiger partial charge in [-0.25, -0.2) is 4.98 Å². The number of hydrogen-bond donors (Lipinski definition) is 1. The highest BCUT2D eigenvalue weighted by Gasteiger charge is 2.02. The third kappa shape index (κ3) is 4.10. The van der Waals surface area contributed by atoms with Gasteiger partial charge in [0.2, 0.25) is 0 Å². The average molecular weight is 329 g/mol. The van der Waals surface area contributed by atoms with Gasteiger partial charge in [-0.05, 0) is 24.7 Å². The van der Waals surface area contributed by atoms with E-state index in [-0.39, 0.29) is 0 Å². The molecule has 2 N–H and O–H groups in total. The number of benzene rings is 1. The summed E-state index contributed by atoms with van der Waals surface area (Å²) in [7, 11) is 0. The van der Waals surface area contributed by atoms with Gasteiger partial charge in [0.15, 0.2) is 0 Å². The van der Waals surface area contributed by atoms with Crippen molar-refractivity contribution in [1.82, 2.24) is 4.98 Å². The van der Waals surface area contributed by atoms with Crippen molar-refractivity contribution in [3.8, 4) is 0 Å². The fourth-order valence-corrected chi connectivity index (χ4v) is 3.73. The Balaban J connectivity index is 1.93. The molecule has 0 unspecified atom stereocenters. The van der Waals surface area contributed by atoms with Gasteiger partial charge in [-0.1, -0.05) is 22.0 Å². The van der Waals surface area contributed by atoms with Crippen LogP contribution in [0.1, 0.15) is 10.7 Å². The lowest BCUT2D eigenvalue weighted by atomic mass is 10.3. The minimum Gasteiger partial charge on any atom is -0.330 e. The molecule has 5 heteroatoms. The van der Waals surface area contributed by atoms with Crippen molar-refractivity contribution in [3.63, 3.8) is 0 Å². The summed E-state index contributed by atoms with van der Waals surface area (Å²) in [6, 6.07) is 8.32. The van der Waals surface area contributed by atoms with Crippen LogP contribution in [0.2, 0.25) is 0 Å². The first-order valence-corrected chi connectivity index (χ1v) is 7.95. The Morgan fingerprint density at radius 2 is 2.29 bits per heavy atom. The van der Waals surface area contributed by atoms with E-state index in [1.807, 2.05) is 12.1 Å². The van der Waals surface area contributed by atoms with Crippen molar-refractivity contribution in [2.75, 3.05) is 6.54 Å². The summed E-state index contributed by atoms with van der Waals surface area (Å²) in [5.74, 6) is 0.922. The van der Waals surface area contributed by atoms with Gasteiger partial charge in [0.1, 0.15) is 5.01 Å². The third-order valence-electron chi connectivity index (χ3n) is 2.16. The van der Waals surface area contributed by atoms with Gasteiger partial charge in [-0.3, -0.25) is 0 Å². The maximum absolute atomic E-state index is 5.51. The number of rotatable bonds is 5. The summed E-state index contributed by atoms with van der Waals surface area (Å²) < 4.78 is 1.12. The van der Waals surface area contributed by atoms with Crippen LogP contribution in [0, 0.1) is 0 Å². The van der Waals surface area contributed by atoms with Crippen molar-refractivity contribution < 1.29 is 0 Å². The summed E-state index contributed by atoms with van der Waals surface area (Å²) in [6.07, 6.45) is 0.873. The van der Waals surface area contributed by atoms with E-state index in [1.54, 1.807) is 23.1 Å². The zero-order valence-corrected chi connectivity index (χ0v) is 12.4. The van der Waals surface area contributed by atoms with Crippen molar-refractivity contribution in [1.29, 1.82) is 0 Å². The van der Waals surface area contributed by atoms with E-state index in [0.29, 0.717) is 6.54 Å². The molecule has 0 saturated carbocycles. The fourth-order valence-electron chi connectivity index (χ4n) is 1.38. The smallest absolute Gasteiger partial charge is 0.103 e. The zero-order valence-electron chi connectivity index (χ0n) is 9.23. The number of halogens is 1. The lowest BCUT2D eigenvalue weighted by Crippen LogP contribution is -2.02. The van der Waals surface area contributed by atoms with E-state index in [9.17, 15) is 0 Å². The number of nitrogens with zero attached hydrogens (tertiary/aromatic N) is 1. The zero-order chi connectivity index (χ0) is 12.1. The quantitative estimate of drug-likeness (QED) is 0.850. The van der Waals surface area contributed by atoms with Crippen LogP contribution in [0.4, 0.5) is 0 Å². The normalized spacial score (nSPS) is 10.7. The van der Waals surface area contributed by atoms with Gasteiger partial charge in [0.05, 0.1) is 11.4 Å². The van der Waals surface area contributed by atoms with Gasteiger partial charge in [0.25, 0.3) is 0 Å². The molecular formula is C12H13BrN2S2. The molecule has 1 heterocycles. The fraction of sp³-hybridized carbons (Fsp3) is 0.250. The second-order valence-electron chi connectivity index (χ2n) is 3.52. The van der Waals surface area contributed by atoms with Crippen LogP contribution in [-0.2, 0) is 12.2 Å². The second kappa shape index (κ2) is 6.54. The minimum absolute atomic E-state index is 0.669. The monoisotopic (exact) mass is 328 g/mol. The highest BCUT2D eigenvalue weighted by atomic mass is 79.9. The van der Waals surface area contributed by atoms with Crippen LogP contribution in [0.5, 0.6) is 0 Å². The summed E-state index contributed by atoms with van der Waals surface area (Å²) in [6.45, 7) is 0.669. The van der Waals surface area contributed by atoms with Gasteiger partial charge >= 0.3 is 0 Å². The Bertz CT molecular complexity index is 485. The molecule has 0 aliphatic carbocycles. The maximum atomic E-state index is 5.51. The van der Waals surface area contributed by atoms with E-state index >= 15 is 0 Å². The summed E-state index contributed by atoms with van der Waals surface area (Å²) in [4.78, 5) is 5.80. The van der Waals surface area contributed by atoms with Crippen molar-refractivity contribution >= 4 is 39.0 Å². The number of aromatic nitrogens is 1. The number of thiazole rings is 1. The van der Waals surface area contributed by atoms with Crippen molar-refractivity contribution in [2.45, 2.75) is 17.1 Å². The average Bonchev–Trinajstić information content (AvgIpc) is 2.75. The molecule has 0 fully saturated rings. The lowest BCUT2D eigenvalue weighted by molar-refractivity contribution is 0.928. The Labute approximate surface area is 118 Å². The van der Waals surface area contributed by atoms with E-state index in [2.05, 4.69) is 38.4 Å². The topological polar surface area (TPSA) is 38.9 Å². The minimum atomic E-state index is 0.669. The maximum Gasteiger partial charge on any atom is 0.103 e. The van der Waals surface area contributed by atoms with Crippen LogP contribution in [0.25, 0.3) is 0 Å². The van der Waals surface area contributed by atoms with Crippen LogP contribution in [0.15, 0.2) is 39.0 Å². The van der Waals surface area contributed by atoms with Crippen LogP contribution in [-0.4, -0.2) is 11.5 Å². The van der Waals surface area contributed by atoms with E-state index in [1.165, 1.54) is 9.90 Å². The van der Waals surface area contributed by atoms with Crippen LogP contribution < -0.4 is 5.73 Å². The Morgan fingerprint density at radius 3 is 3.06 bits per heavy atom. The van der Waals surface area contributed by atoms with E-state index in [0.717, 1.165) is 22.3 Å². The summed E-state index contributed by atoms with van der Waals surface area (Å²) >= 11 is 6.99. The molecule has 1 aromatic carbocycles. The highest BCUT2D eigenvalue weighted by molar-refractivity contribution is 9.10.